The van der Waals surface area contributed by atoms with Crippen molar-refractivity contribution in [2.75, 3.05) is 6.61 Å². The fraction of sp³-hybridized carbons (Fsp3) is 0.882. The largest absolute Gasteiger partial charge is 0.466 e. The minimum absolute atomic E-state index is 0. The average molecular weight is 284 g/mol. The smallest absolute Gasteiger partial charge is 0.306 e. The van der Waals surface area contributed by atoms with E-state index < -0.39 is 0 Å². The van der Waals surface area contributed by atoms with Gasteiger partial charge in [-0.1, -0.05) is 34.6 Å². The molecule has 1 aliphatic rings. The number of Topliss-reactive ketones (excluding diaryl/α,β-unsaturated/α-hetero) is 1. The standard InChI is InChI=1S/C16H28O3.CH4/c1-5-19-16(18)9-8-15(17)14-10-12(4)6-7-13(14)11(2)3;/h11-14H,5-10H2,1-4H3;1H4/t12-,13+,14-;/m1./s1. The van der Waals surface area contributed by atoms with Crippen molar-refractivity contribution in [3.8, 4) is 0 Å². The van der Waals surface area contributed by atoms with E-state index in [-0.39, 0.29) is 31.5 Å². The summed E-state index contributed by atoms with van der Waals surface area (Å²) in [5.74, 6) is 1.83. The third-order valence-corrected chi connectivity index (χ3v) is 4.32. The molecule has 0 aromatic rings. The zero-order valence-corrected chi connectivity index (χ0v) is 12.8. The molecule has 1 rings (SSSR count). The van der Waals surface area contributed by atoms with Crippen LogP contribution in [0.3, 0.4) is 0 Å². The molecule has 0 spiro atoms. The van der Waals surface area contributed by atoms with E-state index >= 15 is 0 Å². The number of ketones is 1. The van der Waals surface area contributed by atoms with Gasteiger partial charge in [-0.25, -0.2) is 0 Å². The third kappa shape index (κ3) is 5.64. The van der Waals surface area contributed by atoms with Crippen LogP contribution in [-0.2, 0) is 14.3 Å². The molecule has 0 amide bonds. The highest BCUT2D eigenvalue weighted by Crippen LogP contribution is 2.39. The van der Waals surface area contributed by atoms with Gasteiger partial charge in [0.2, 0.25) is 0 Å². The summed E-state index contributed by atoms with van der Waals surface area (Å²) in [4.78, 5) is 23.7. The van der Waals surface area contributed by atoms with Gasteiger partial charge in [0.05, 0.1) is 13.0 Å². The van der Waals surface area contributed by atoms with E-state index in [9.17, 15) is 9.59 Å². The van der Waals surface area contributed by atoms with Gasteiger partial charge in [0.1, 0.15) is 5.78 Å². The Morgan fingerprint density at radius 1 is 1.20 bits per heavy atom. The van der Waals surface area contributed by atoms with Gasteiger partial charge in [0.15, 0.2) is 0 Å². The van der Waals surface area contributed by atoms with Gasteiger partial charge < -0.3 is 4.74 Å². The maximum absolute atomic E-state index is 12.4. The summed E-state index contributed by atoms with van der Waals surface area (Å²) in [6.45, 7) is 8.81. The Hall–Kier alpha value is -0.860. The summed E-state index contributed by atoms with van der Waals surface area (Å²) >= 11 is 0. The minimum Gasteiger partial charge on any atom is -0.466 e. The molecule has 1 saturated carbocycles. The molecule has 0 heterocycles. The van der Waals surface area contributed by atoms with Crippen LogP contribution in [0.4, 0.5) is 0 Å². The lowest BCUT2D eigenvalue weighted by molar-refractivity contribution is -0.145. The van der Waals surface area contributed by atoms with E-state index in [0.717, 1.165) is 12.8 Å². The van der Waals surface area contributed by atoms with Crippen molar-refractivity contribution >= 4 is 11.8 Å². The lowest BCUT2D eigenvalue weighted by Crippen LogP contribution is -2.33. The molecule has 118 valence electrons. The molecule has 0 unspecified atom stereocenters. The maximum atomic E-state index is 12.4. The number of carbonyl (C=O) groups is 2. The third-order valence-electron chi connectivity index (χ3n) is 4.32. The molecule has 0 aromatic carbocycles. The van der Waals surface area contributed by atoms with Crippen molar-refractivity contribution in [3.63, 3.8) is 0 Å². The van der Waals surface area contributed by atoms with E-state index in [1.165, 1.54) is 6.42 Å². The molecule has 0 saturated heterocycles. The lowest BCUT2D eigenvalue weighted by atomic mass is 9.68. The average Bonchev–Trinajstić information content (AvgIpc) is 2.35. The summed E-state index contributed by atoms with van der Waals surface area (Å²) in [6, 6.07) is 0. The summed E-state index contributed by atoms with van der Waals surface area (Å²) < 4.78 is 4.88. The molecular formula is C17H32O3. The van der Waals surface area contributed by atoms with Crippen LogP contribution >= 0.6 is 0 Å². The first-order valence-electron chi connectivity index (χ1n) is 7.64. The van der Waals surface area contributed by atoms with Gasteiger partial charge in [0, 0.05) is 12.3 Å². The molecule has 20 heavy (non-hydrogen) atoms. The minimum atomic E-state index is -0.249. The Morgan fingerprint density at radius 2 is 1.85 bits per heavy atom. The van der Waals surface area contributed by atoms with Gasteiger partial charge >= 0.3 is 5.97 Å². The van der Waals surface area contributed by atoms with Crippen LogP contribution in [0.25, 0.3) is 0 Å². The Morgan fingerprint density at radius 3 is 2.40 bits per heavy atom. The van der Waals surface area contributed by atoms with Gasteiger partial charge in [-0.05, 0) is 37.5 Å². The number of rotatable bonds is 6. The molecule has 1 fully saturated rings. The predicted molar refractivity (Wildman–Crippen MR) is 82.4 cm³/mol. The molecule has 3 atom stereocenters. The second-order valence-corrected chi connectivity index (χ2v) is 6.20. The monoisotopic (exact) mass is 284 g/mol. The summed E-state index contributed by atoms with van der Waals surface area (Å²) in [7, 11) is 0. The highest BCUT2D eigenvalue weighted by molar-refractivity contribution is 5.85. The second kappa shape index (κ2) is 9.15. The van der Waals surface area contributed by atoms with Crippen LogP contribution in [0.2, 0.25) is 0 Å². The topological polar surface area (TPSA) is 43.4 Å². The van der Waals surface area contributed by atoms with Crippen molar-refractivity contribution in [1.82, 2.24) is 0 Å². The summed E-state index contributed by atoms with van der Waals surface area (Å²) in [5.41, 5.74) is 0. The highest BCUT2D eigenvalue weighted by atomic mass is 16.5. The predicted octanol–water partition coefficient (Wildman–Crippen LogP) is 4.24. The number of carbonyl (C=O) groups excluding carboxylic acids is 2. The normalized spacial score (nSPS) is 25.9. The van der Waals surface area contributed by atoms with Crippen molar-refractivity contribution in [2.24, 2.45) is 23.7 Å². The van der Waals surface area contributed by atoms with Gasteiger partial charge in [-0.15, -0.1) is 0 Å². The van der Waals surface area contributed by atoms with Crippen molar-refractivity contribution in [3.05, 3.63) is 0 Å². The van der Waals surface area contributed by atoms with E-state index in [1.54, 1.807) is 6.92 Å². The van der Waals surface area contributed by atoms with E-state index in [0.29, 0.717) is 30.8 Å². The summed E-state index contributed by atoms with van der Waals surface area (Å²) in [5, 5.41) is 0. The van der Waals surface area contributed by atoms with Crippen molar-refractivity contribution in [1.29, 1.82) is 0 Å². The van der Waals surface area contributed by atoms with Gasteiger partial charge in [0.25, 0.3) is 0 Å². The molecular weight excluding hydrogens is 252 g/mol. The van der Waals surface area contributed by atoms with Crippen LogP contribution in [0.15, 0.2) is 0 Å². The highest BCUT2D eigenvalue weighted by Gasteiger charge is 2.34. The fourth-order valence-corrected chi connectivity index (χ4v) is 3.22. The fourth-order valence-electron chi connectivity index (χ4n) is 3.22. The van der Waals surface area contributed by atoms with Crippen molar-refractivity contribution < 1.29 is 14.3 Å². The number of esters is 1. The Bertz CT molecular complexity index is 309. The van der Waals surface area contributed by atoms with Crippen LogP contribution < -0.4 is 0 Å². The molecule has 3 heteroatoms. The van der Waals surface area contributed by atoms with Crippen LogP contribution in [0.5, 0.6) is 0 Å². The van der Waals surface area contributed by atoms with Gasteiger partial charge in [-0.3, -0.25) is 9.59 Å². The molecule has 0 N–H and O–H groups in total. The number of hydrogen-bond donors (Lipinski definition) is 0. The lowest BCUT2D eigenvalue weighted by Gasteiger charge is -2.36. The van der Waals surface area contributed by atoms with Crippen LogP contribution in [0, 0.1) is 23.7 Å². The first kappa shape index (κ1) is 19.1. The Balaban J connectivity index is 0.00000361. The van der Waals surface area contributed by atoms with Gasteiger partial charge in [-0.2, -0.15) is 0 Å². The zero-order chi connectivity index (χ0) is 14.4. The van der Waals surface area contributed by atoms with E-state index in [2.05, 4.69) is 20.8 Å². The zero-order valence-electron chi connectivity index (χ0n) is 12.8. The molecule has 0 radical (unpaired) electrons. The maximum Gasteiger partial charge on any atom is 0.306 e. The molecule has 0 aliphatic heterocycles. The Labute approximate surface area is 124 Å². The number of hydrogen-bond acceptors (Lipinski definition) is 3. The van der Waals surface area contributed by atoms with Crippen molar-refractivity contribution in [2.45, 2.75) is 67.2 Å². The SMILES string of the molecule is C.CCOC(=O)CCC(=O)[C@@H]1C[C@H](C)CC[C@H]1C(C)C. The molecule has 3 nitrogen and oxygen atoms in total. The van der Waals surface area contributed by atoms with Crippen LogP contribution in [-0.4, -0.2) is 18.4 Å². The second-order valence-electron chi connectivity index (χ2n) is 6.20. The summed E-state index contributed by atoms with van der Waals surface area (Å²) in [6.07, 6.45) is 3.95. The molecule has 0 bridgehead atoms. The quantitative estimate of drug-likeness (QED) is 0.685. The molecule has 0 aromatic heterocycles. The molecule has 1 aliphatic carbocycles. The van der Waals surface area contributed by atoms with Crippen LogP contribution in [0.1, 0.15) is 67.2 Å². The Kier molecular flexibility index (Phi) is 8.75. The number of ether oxygens (including phenoxy) is 1. The van der Waals surface area contributed by atoms with E-state index in [4.69, 9.17) is 4.74 Å². The first-order chi connectivity index (χ1) is 8.95. The van der Waals surface area contributed by atoms with E-state index in [1.807, 2.05) is 0 Å². The first-order valence-corrected chi connectivity index (χ1v) is 7.64.